The lowest BCUT2D eigenvalue weighted by molar-refractivity contribution is -0.149. The molecule has 0 aromatic carbocycles. The summed E-state index contributed by atoms with van der Waals surface area (Å²) in [4.78, 5) is 38.7. The van der Waals surface area contributed by atoms with Gasteiger partial charge in [0, 0.05) is 35.0 Å². The molecule has 0 radical (unpaired) electrons. The number of carboxylic acid groups (broad SMARTS) is 1. The summed E-state index contributed by atoms with van der Waals surface area (Å²) in [6, 6.07) is -0.699. The van der Waals surface area contributed by atoms with Crippen LogP contribution in [-0.2, 0) is 14.4 Å². The number of aliphatic hydroxyl groups is 1. The number of fused-ring (bicyclic) bond motifs is 1. The first-order chi connectivity index (χ1) is 14.5. The Morgan fingerprint density at radius 3 is 2.61 bits per heavy atom. The summed E-state index contributed by atoms with van der Waals surface area (Å²) in [5.41, 5.74) is 3.14. The van der Waals surface area contributed by atoms with Gasteiger partial charge in [0.15, 0.2) is 5.78 Å². The molecule has 2 fully saturated rings. The number of carboxylic acids is 1. The van der Waals surface area contributed by atoms with Gasteiger partial charge >= 0.3 is 5.97 Å². The van der Waals surface area contributed by atoms with E-state index in [0.717, 1.165) is 41.6 Å². The van der Waals surface area contributed by atoms with Gasteiger partial charge in [-0.3, -0.25) is 9.59 Å². The van der Waals surface area contributed by atoms with Gasteiger partial charge in [0.25, 0.3) is 0 Å². The topological polar surface area (TPSA) is 94.9 Å². The van der Waals surface area contributed by atoms with E-state index in [-0.39, 0.29) is 17.6 Å². The Balaban J connectivity index is 1.44. The molecule has 1 aliphatic heterocycles. The second kappa shape index (κ2) is 7.62. The van der Waals surface area contributed by atoms with Gasteiger partial charge in [0.05, 0.1) is 0 Å². The number of ketones is 1. The number of hydrogen-bond acceptors (Lipinski definition) is 5. The van der Waals surface area contributed by atoms with Crippen molar-refractivity contribution < 1.29 is 24.6 Å². The Morgan fingerprint density at radius 2 is 2.00 bits per heavy atom. The third-order valence-corrected chi connectivity index (χ3v) is 8.95. The van der Waals surface area contributed by atoms with E-state index in [1.807, 2.05) is 26.8 Å². The quantitative estimate of drug-likeness (QED) is 0.652. The van der Waals surface area contributed by atoms with Crippen LogP contribution < -0.4 is 0 Å². The van der Waals surface area contributed by atoms with Crippen LogP contribution >= 0.6 is 11.8 Å². The number of nitrogens with zero attached hydrogens (tertiary/aromatic N) is 1. The number of allylic oxidation sites excluding steroid dienone is 3. The third-order valence-electron chi connectivity index (χ3n) is 7.73. The number of likely N-dealkylation sites (tertiary alicyclic amines) is 1. The van der Waals surface area contributed by atoms with Crippen LogP contribution in [0.1, 0.15) is 53.4 Å². The SMILES string of the molecule is CC1=C(CSC[C@@H](C)C(=O)N2CCC[C@H]2C(=O)O)C2=C(C)C3(CC3)[C@@](C)(O)C(=O)C2=C1. The van der Waals surface area contributed by atoms with E-state index < -0.39 is 23.0 Å². The number of Topliss-reactive ketones (excluding diaryl/α,β-unsaturated/α-hetero) is 1. The summed E-state index contributed by atoms with van der Waals surface area (Å²) >= 11 is 1.64. The molecule has 1 heterocycles. The molecule has 0 unspecified atom stereocenters. The lowest BCUT2D eigenvalue weighted by Gasteiger charge is -2.39. The normalized spacial score (nSPS) is 30.1. The summed E-state index contributed by atoms with van der Waals surface area (Å²) in [7, 11) is 0. The summed E-state index contributed by atoms with van der Waals surface area (Å²) in [6.45, 7) is 8.07. The van der Waals surface area contributed by atoms with Gasteiger partial charge < -0.3 is 15.1 Å². The molecule has 2 N–H and O–H groups in total. The highest BCUT2D eigenvalue weighted by Crippen LogP contribution is 2.65. The molecule has 6 nitrogen and oxygen atoms in total. The number of carbonyl (C=O) groups excluding carboxylic acids is 2. The zero-order valence-corrected chi connectivity index (χ0v) is 19.5. The van der Waals surface area contributed by atoms with Crippen molar-refractivity contribution in [3.05, 3.63) is 33.9 Å². The third kappa shape index (κ3) is 3.32. The Kier molecular flexibility index (Phi) is 5.49. The molecule has 1 spiro atoms. The highest BCUT2D eigenvalue weighted by Gasteiger charge is 2.65. The van der Waals surface area contributed by atoms with E-state index in [1.165, 1.54) is 4.90 Å². The molecule has 1 saturated heterocycles. The molecular weight excluding hydrogens is 414 g/mol. The van der Waals surface area contributed by atoms with Crippen LogP contribution in [0.15, 0.2) is 33.9 Å². The number of carbonyl (C=O) groups is 3. The summed E-state index contributed by atoms with van der Waals surface area (Å²) < 4.78 is 0. The fourth-order valence-corrected chi connectivity index (χ4v) is 6.77. The Labute approximate surface area is 187 Å². The Bertz CT molecular complexity index is 953. The molecule has 4 aliphatic rings. The first kappa shape index (κ1) is 22.3. The number of thioether (sulfide) groups is 1. The highest BCUT2D eigenvalue weighted by molar-refractivity contribution is 7.99. The van der Waals surface area contributed by atoms with Crippen LogP contribution in [0.25, 0.3) is 0 Å². The predicted molar refractivity (Wildman–Crippen MR) is 120 cm³/mol. The number of aliphatic carboxylic acids is 1. The van der Waals surface area contributed by atoms with E-state index in [1.54, 1.807) is 18.7 Å². The van der Waals surface area contributed by atoms with Crippen LogP contribution in [0.3, 0.4) is 0 Å². The predicted octanol–water partition coefficient (Wildman–Crippen LogP) is 3.12. The van der Waals surface area contributed by atoms with Gasteiger partial charge in [-0.05, 0) is 69.2 Å². The van der Waals surface area contributed by atoms with Crippen molar-refractivity contribution in [2.24, 2.45) is 11.3 Å². The highest BCUT2D eigenvalue weighted by atomic mass is 32.2. The molecular formula is C24H31NO5S. The van der Waals surface area contributed by atoms with Gasteiger partial charge in [0.1, 0.15) is 11.6 Å². The number of amides is 1. The smallest absolute Gasteiger partial charge is 0.326 e. The van der Waals surface area contributed by atoms with E-state index in [9.17, 15) is 24.6 Å². The maximum atomic E-state index is 13.0. The van der Waals surface area contributed by atoms with Crippen molar-refractivity contribution in [3.8, 4) is 0 Å². The summed E-state index contributed by atoms with van der Waals surface area (Å²) in [6.07, 6.45) is 4.82. The lowest BCUT2D eigenvalue weighted by Crippen LogP contribution is -2.49. The van der Waals surface area contributed by atoms with Crippen molar-refractivity contribution in [2.45, 2.75) is 65.0 Å². The zero-order valence-electron chi connectivity index (χ0n) is 18.7. The minimum absolute atomic E-state index is 0.0930. The van der Waals surface area contributed by atoms with Crippen molar-refractivity contribution in [1.82, 2.24) is 4.90 Å². The summed E-state index contributed by atoms with van der Waals surface area (Å²) in [5, 5.41) is 20.3. The molecule has 1 saturated carbocycles. The van der Waals surface area contributed by atoms with Gasteiger partial charge in [-0.15, -0.1) is 0 Å². The van der Waals surface area contributed by atoms with Crippen LogP contribution in [0, 0.1) is 11.3 Å². The first-order valence-corrected chi connectivity index (χ1v) is 12.2. The molecule has 168 valence electrons. The van der Waals surface area contributed by atoms with E-state index in [0.29, 0.717) is 30.0 Å². The van der Waals surface area contributed by atoms with Crippen molar-refractivity contribution >= 4 is 29.4 Å². The number of rotatable bonds is 6. The Morgan fingerprint density at radius 1 is 1.32 bits per heavy atom. The molecule has 7 heteroatoms. The van der Waals surface area contributed by atoms with Crippen molar-refractivity contribution in [1.29, 1.82) is 0 Å². The first-order valence-electron chi connectivity index (χ1n) is 11.0. The molecule has 1 amide bonds. The fraction of sp³-hybridized carbons (Fsp3) is 0.625. The van der Waals surface area contributed by atoms with Gasteiger partial charge in [-0.25, -0.2) is 4.79 Å². The van der Waals surface area contributed by atoms with Crippen LogP contribution in [0.5, 0.6) is 0 Å². The maximum Gasteiger partial charge on any atom is 0.326 e. The molecule has 4 rings (SSSR count). The van der Waals surface area contributed by atoms with E-state index in [4.69, 9.17) is 0 Å². The monoisotopic (exact) mass is 445 g/mol. The Hall–Kier alpha value is -1.86. The molecule has 0 bridgehead atoms. The molecule has 31 heavy (non-hydrogen) atoms. The van der Waals surface area contributed by atoms with Crippen molar-refractivity contribution in [3.63, 3.8) is 0 Å². The molecule has 0 aromatic heterocycles. The molecule has 3 aliphatic carbocycles. The second-order valence-electron chi connectivity index (χ2n) is 9.65. The average Bonchev–Trinajstić information content (AvgIpc) is 3.27. The maximum absolute atomic E-state index is 13.0. The average molecular weight is 446 g/mol. The lowest BCUT2D eigenvalue weighted by atomic mass is 9.67. The molecule has 0 aromatic rings. The van der Waals surface area contributed by atoms with Crippen LogP contribution in [0.4, 0.5) is 0 Å². The minimum atomic E-state index is -1.34. The standard InChI is InChI=1S/C24H31NO5S/c1-13-10-16-19(15(3)24(7-8-24)23(4,30)20(16)26)17(13)12-31-11-14(2)21(27)25-9-5-6-18(25)22(28)29/h10,14,18,30H,5-9,11-12H2,1-4H3,(H,28,29)/t14-,18+,23+/m1/s1. The largest absolute Gasteiger partial charge is 0.480 e. The number of hydrogen-bond donors (Lipinski definition) is 2. The van der Waals surface area contributed by atoms with Crippen molar-refractivity contribution in [2.75, 3.05) is 18.1 Å². The van der Waals surface area contributed by atoms with E-state index >= 15 is 0 Å². The van der Waals surface area contributed by atoms with Gasteiger partial charge in [-0.2, -0.15) is 11.8 Å². The second-order valence-corrected chi connectivity index (χ2v) is 10.7. The zero-order chi connectivity index (χ0) is 22.7. The van der Waals surface area contributed by atoms with Crippen LogP contribution in [0.2, 0.25) is 0 Å². The van der Waals surface area contributed by atoms with Gasteiger partial charge in [0.2, 0.25) is 5.91 Å². The van der Waals surface area contributed by atoms with Crippen LogP contribution in [-0.4, -0.2) is 62.5 Å². The minimum Gasteiger partial charge on any atom is -0.480 e. The fourth-order valence-electron chi connectivity index (χ4n) is 5.58. The summed E-state index contributed by atoms with van der Waals surface area (Å²) in [5.74, 6) is -0.184. The van der Waals surface area contributed by atoms with Gasteiger partial charge in [-0.1, -0.05) is 12.5 Å². The molecule has 3 atom stereocenters. The van der Waals surface area contributed by atoms with E-state index in [2.05, 4.69) is 0 Å².